The normalized spacial score (nSPS) is 17.5. The molecule has 0 unspecified atom stereocenters. The van der Waals surface area contributed by atoms with Crippen LogP contribution in [-0.2, 0) is 0 Å². The Kier molecular flexibility index (Phi) is 4.35. The molecule has 61 heavy (non-hydrogen) atoms. The molecule has 0 radical (unpaired) electrons. The third-order valence-corrected chi connectivity index (χ3v) is 9.65. The molecule has 290 valence electrons. The van der Waals surface area contributed by atoms with Crippen molar-refractivity contribution in [1.29, 1.82) is 0 Å². The van der Waals surface area contributed by atoms with Crippen LogP contribution >= 0.6 is 0 Å². The van der Waals surface area contributed by atoms with E-state index in [1.54, 1.807) is 18.2 Å². The maximum atomic E-state index is 10.3. The lowest BCUT2D eigenvalue weighted by Gasteiger charge is -2.31. The fraction of sp³-hybridized carbons (Fsp3) is 0. The topological polar surface area (TPSA) is 48.9 Å². The second-order valence-electron chi connectivity index (χ2n) is 13.2. The fourth-order valence-electron chi connectivity index (χ4n) is 7.07. The van der Waals surface area contributed by atoms with Gasteiger partial charge in [0.05, 0.1) is 37.0 Å². The molecular weight excluding hydrogens is 745 g/mol. The molecule has 0 bridgehead atoms. The number of nitrogens with zero attached hydrogens (tertiary/aromatic N) is 3. The first-order valence-electron chi connectivity index (χ1n) is 31.8. The first kappa shape index (κ1) is 17.5. The summed E-state index contributed by atoms with van der Waals surface area (Å²) in [6.45, 7) is 0. The predicted molar refractivity (Wildman–Crippen MR) is 257 cm³/mol. The summed E-state index contributed by atoms with van der Waals surface area (Å²) in [5.41, 5.74) is -2.11. The summed E-state index contributed by atoms with van der Waals surface area (Å²) < 4.78 is 253. The highest BCUT2D eigenvalue weighted by Crippen LogP contribution is 2.44. The van der Waals surface area contributed by atoms with Crippen LogP contribution in [0, 0.1) is 0 Å². The van der Waals surface area contributed by atoms with E-state index in [-0.39, 0.29) is 5.69 Å². The lowest BCUT2D eigenvalue weighted by molar-refractivity contribution is 0.669. The molecule has 5 heteroatoms. The van der Waals surface area contributed by atoms with E-state index in [1.165, 1.54) is 12.1 Å². The van der Waals surface area contributed by atoms with Crippen LogP contribution in [-0.4, -0.2) is 0 Å². The Morgan fingerprint density at radius 2 is 0.820 bits per heavy atom. The third-order valence-electron chi connectivity index (χ3n) is 9.65. The summed E-state index contributed by atoms with van der Waals surface area (Å²) in [6.07, 6.45) is 0. The van der Waals surface area contributed by atoms with Gasteiger partial charge in [-0.2, -0.15) is 0 Å². The average Bonchev–Trinajstić information content (AvgIpc) is 2.76. The molecule has 1 heterocycles. The summed E-state index contributed by atoms with van der Waals surface area (Å²) in [5.74, 6) is 0. The zero-order valence-corrected chi connectivity index (χ0v) is 31.2. The Hall–Kier alpha value is -8.28. The van der Waals surface area contributed by atoms with Gasteiger partial charge in [0.1, 0.15) is 11.2 Å². The van der Waals surface area contributed by atoms with E-state index in [1.807, 2.05) is 36.4 Å². The van der Waals surface area contributed by atoms with Crippen molar-refractivity contribution in [3.8, 4) is 0 Å². The molecule has 0 atom stereocenters. The smallest absolute Gasteiger partial charge is 0.136 e. The molecule has 0 aliphatic rings. The monoisotopic (exact) mass is 811 g/mol. The Morgan fingerprint density at radius 3 is 1.39 bits per heavy atom. The number of anilines is 10. The molecule has 0 saturated heterocycles. The summed E-state index contributed by atoms with van der Waals surface area (Å²) in [5, 5.41) is 4.03. The van der Waals surface area contributed by atoms with Crippen LogP contribution in [0.5, 0.6) is 0 Å². The molecule has 10 aromatic carbocycles. The first-order chi connectivity index (χ1) is 41.4. The molecule has 5 nitrogen and oxygen atoms in total. The molecule has 0 amide bonds. The molecule has 1 aromatic heterocycles. The maximum absolute atomic E-state index is 10.3. The van der Waals surface area contributed by atoms with Gasteiger partial charge in [-0.1, -0.05) is 109 Å². The minimum absolute atomic E-state index is 0.158. The largest absolute Gasteiger partial charge is 0.456 e. The van der Waals surface area contributed by atoms with Crippen molar-refractivity contribution in [3.05, 3.63) is 230 Å². The van der Waals surface area contributed by atoms with Crippen molar-refractivity contribution >= 4 is 100 Å². The molecule has 0 aliphatic carbocycles. The number of furan rings is 1. The Bertz CT molecular complexity index is 4770. The number of benzene rings is 10. The summed E-state index contributed by atoms with van der Waals surface area (Å²) in [7, 11) is 0. The minimum atomic E-state index is -1.38. The van der Waals surface area contributed by atoms with E-state index in [4.69, 9.17) is 30.7 Å². The number of fused-ring (bicyclic) bond motifs is 6. The van der Waals surface area contributed by atoms with Gasteiger partial charge < -0.3 is 24.9 Å². The number of para-hydroxylation sites is 4. The quantitative estimate of drug-likeness (QED) is 0.116. The predicted octanol–water partition coefficient (Wildman–Crippen LogP) is 15.9. The van der Waals surface area contributed by atoms with Gasteiger partial charge in [0.2, 0.25) is 0 Å². The van der Waals surface area contributed by atoms with Crippen molar-refractivity contribution < 1.29 is 41.4 Å². The van der Waals surface area contributed by atoms with Crippen molar-refractivity contribution in [3.63, 3.8) is 0 Å². The van der Waals surface area contributed by atoms with Crippen LogP contribution in [0.15, 0.2) is 234 Å². The molecule has 2 N–H and O–H groups in total. The van der Waals surface area contributed by atoms with Crippen LogP contribution < -0.4 is 20.4 Å². The average molecular weight is 812 g/mol. The van der Waals surface area contributed by atoms with E-state index in [2.05, 4.69) is 0 Å². The zero-order valence-electron chi connectivity index (χ0n) is 58.2. The van der Waals surface area contributed by atoms with Crippen LogP contribution in [0.1, 0.15) is 37.0 Å². The van der Waals surface area contributed by atoms with Crippen LogP contribution in [0.25, 0.3) is 43.5 Å². The lowest BCUT2D eigenvalue weighted by Crippen LogP contribution is -2.14. The van der Waals surface area contributed by atoms with Gasteiger partial charge in [0.15, 0.2) is 0 Å². The highest BCUT2D eigenvalue weighted by molar-refractivity contribution is 6.16. The fourth-order valence-corrected chi connectivity index (χ4v) is 7.07. The number of hydrogen-bond donors (Lipinski definition) is 1. The second-order valence-corrected chi connectivity index (χ2v) is 13.2. The van der Waals surface area contributed by atoms with Crippen LogP contribution in [0.3, 0.4) is 0 Å². The molecule has 0 aliphatic heterocycles. The highest BCUT2D eigenvalue weighted by atomic mass is 16.3. The van der Waals surface area contributed by atoms with E-state index < -0.39 is 214 Å². The lowest BCUT2D eigenvalue weighted by atomic mass is 9.99. The van der Waals surface area contributed by atoms with Gasteiger partial charge in [-0.3, -0.25) is 0 Å². The van der Waals surface area contributed by atoms with Gasteiger partial charge in [-0.25, -0.2) is 0 Å². The highest BCUT2D eigenvalue weighted by Gasteiger charge is 2.20. The van der Waals surface area contributed by atoms with E-state index in [0.29, 0.717) is 37.1 Å². The number of hydrogen-bond acceptors (Lipinski definition) is 5. The molecule has 0 fully saturated rings. The number of rotatable bonds is 9. The number of nitrogen functional groups attached to an aromatic ring is 1. The van der Waals surface area contributed by atoms with Crippen molar-refractivity contribution in [1.82, 2.24) is 0 Å². The second kappa shape index (κ2) is 15.1. The third kappa shape index (κ3) is 6.64. The molecule has 0 saturated carbocycles. The van der Waals surface area contributed by atoms with Gasteiger partial charge in [-0.05, 0) is 143 Å². The van der Waals surface area contributed by atoms with Crippen molar-refractivity contribution in [2.75, 3.05) is 20.4 Å². The van der Waals surface area contributed by atoms with Crippen LogP contribution in [0.4, 0.5) is 56.9 Å². The summed E-state index contributed by atoms with van der Waals surface area (Å²) in [4.78, 5) is 1.54. The first-order valence-corrected chi connectivity index (χ1v) is 18.3. The van der Waals surface area contributed by atoms with Gasteiger partial charge >= 0.3 is 0 Å². The van der Waals surface area contributed by atoms with E-state index in [9.17, 15) is 16.4 Å². The standard InChI is InChI=1S/C56H40N4O/c57-41-15-12-22-45(35-41)58(42-16-4-1-5-17-42)46-23-13-24-47(36-46)59(43-18-6-2-7-19-43)48-25-14-26-49(37-48)60(44-20-8-3-9-21-44)50-31-32-51-39(33-50)29-30-40-34-56-54(38-53(40)51)52-27-10-11-28-55(52)61-56/h1-38H,57H2/i1D,2D,3D,4D,5D,6D,7D,8D,9D,12D,13D,14D,15D,16D,17D,18D,19D,20D,21D,22D,23D,24D,25D,26D,35D,36D,37D. The Morgan fingerprint density at radius 1 is 0.344 bits per heavy atom. The Labute approximate surface area is 392 Å². The van der Waals surface area contributed by atoms with Gasteiger partial charge in [0.25, 0.3) is 0 Å². The summed E-state index contributed by atoms with van der Waals surface area (Å²) >= 11 is 0. The number of nitrogens with two attached hydrogens (primary N) is 1. The Balaban J connectivity index is 1.29. The molecular formula is C56H40N4O. The maximum Gasteiger partial charge on any atom is 0.136 e. The van der Waals surface area contributed by atoms with E-state index >= 15 is 0 Å². The van der Waals surface area contributed by atoms with Crippen LogP contribution in [0.2, 0.25) is 0 Å². The van der Waals surface area contributed by atoms with Gasteiger partial charge in [0, 0.05) is 67.6 Å². The minimum Gasteiger partial charge on any atom is -0.456 e. The van der Waals surface area contributed by atoms with E-state index in [0.717, 1.165) is 21.1 Å². The SMILES string of the molecule is [2H]c1c([2H])c([2H])c(N(c2ccc3c(ccc4cc5oc6ccccc6c5cc43)c2)c2c([2H])c([2H])c([2H])c(N(c3c([2H])c([2H])c([2H])c([2H])c3[2H])c3c([2H])c([2H])c([2H])c(N(c4c([2H])c([2H])c([2H])c([2H])c4[2H])c4c([2H])c([2H])c([2H])c(N)c4[2H])c3[2H])c2[2H])c([2H])c1[2H]. The molecule has 11 aromatic rings. The van der Waals surface area contributed by atoms with Gasteiger partial charge in [-0.15, -0.1) is 0 Å². The summed E-state index contributed by atoms with van der Waals surface area (Å²) in [6, 6.07) is -10.6. The molecule has 11 rings (SSSR count). The van der Waals surface area contributed by atoms with Crippen molar-refractivity contribution in [2.45, 2.75) is 0 Å². The zero-order chi connectivity index (χ0) is 64.2. The van der Waals surface area contributed by atoms with Crippen molar-refractivity contribution in [2.24, 2.45) is 0 Å². The molecule has 0 spiro atoms.